The third kappa shape index (κ3) is 4.25. The van der Waals surface area contributed by atoms with Crippen LogP contribution in [-0.2, 0) is 0 Å². The van der Waals surface area contributed by atoms with Crippen LogP contribution in [0.5, 0.6) is 0 Å². The number of rotatable bonds is 3. The summed E-state index contributed by atoms with van der Waals surface area (Å²) in [5.74, 6) is 0.688. The van der Waals surface area contributed by atoms with Gasteiger partial charge in [-0.05, 0) is 45.4 Å². The highest BCUT2D eigenvalue weighted by Gasteiger charge is 2.41. The molecule has 1 aliphatic heterocycles. The first-order valence-corrected chi connectivity index (χ1v) is 18.2. The molecular weight excluding hydrogens is 637 g/mol. The number of fused-ring (bicyclic) bond motifs is 12. The second-order valence-corrected chi connectivity index (χ2v) is 14.3. The Morgan fingerprint density at radius 3 is 1.96 bits per heavy atom. The fraction of sp³-hybridized carbons (Fsp3) is 0. The molecule has 0 aliphatic carbocycles. The normalized spacial score (nSPS) is 12.6. The van der Waals surface area contributed by atoms with Crippen LogP contribution in [0.25, 0.3) is 75.0 Å². The van der Waals surface area contributed by atoms with Crippen LogP contribution in [0.1, 0.15) is 0 Å². The predicted octanol–water partition coefficient (Wildman–Crippen LogP) is 10.9. The maximum absolute atomic E-state index is 5.57. The van der Waals surface area contributed by atoms with Gasteiger partial charge in [-0.1, -0.05) is 157 Å². The summed E-state index contributed by atoms with van der Waals surface area (Å²) in [6.45, 7) is -0.189. The van der Waals surface area contributed by atoms with Crippen molar-refractivity contribution in [1.29, 1.82) is 0 Å². The maximum atomic E-state index is 5.57. The van der Waals surface area contributed by atoms with Crippen molar-refractivity contribution < 1.29 is 0 Å². The molecule has 2 aromatic heterocycles. The molecule has 10 aromatic rings. The van der Waals surface area contributed by atoms with Crippen molar-refractivity contribution in [1.82, 2.24) is 9.97 Å². The smallest absolute Gasteiger partial charge is 0.332 e. The molecule has 51 heavy (non-hydrogen) atoms. The van der Waals surface area contributed by atoms with E-state index in [1.165, 1.54) is 63.8 Å². The predicted molar refractivity (Wildman–Crippen MR) is 218 cm³/mol. The topological polar surface area (TPSA) is 29.0 Å². The Morgan fingerprint density at radius 1 is 0.529 bits per heavy atom. The van der Waals surface area contributed by atoms with Gasteiger partial charge in [0.05, 0.1) is 11.2 Å². The molecule has 0 N–H and O–H groups in total. The van der Waals surface area contributed by atoms with Gasteiger partial charge in [-0.3, -0.25) is 0 Å². The zero-order valence-electron chi connectivity index (χ0n) is 27.5. The minimum absolute atomic E-state index is 0.189. The van der Waals surface area contributed by atoms with Crippen molar-refractivity contribution in [2.45, 2.75) is 0 Å². The van der Waals surface area contributed by atoms with Gasteiger partial charge in [0, 0.05) is 47.8 Å². The van der Waals surface area contributed by atoms with Crippen LogP contribution in [0.3, 0.4) is 0 Å². The molecule has 5 heteroatoms. The lowest BCUT2D eigenvalue weighted by Crippen LogP contribution is -2.58. The highest BCUT2D eigenvalue weighted by Crippen LogP contribution is 2.53. The number of aromatic nitrogens is 2. The standard InChI is InChI=1S/C46H28BN3S/c1-3-15-29(16-4-1)43-35-23-11-13-25-39(35)48-46(49-43)50-44-41(33-21-9-10-22-34(33)45-42(44)36-24-12-14-26-40(36)51-45)37-27-30-17-7-8-18-31(30)28-38(37)47(50)32-19-5-2-6-20-32/h1-28H. The van der Waals surface area contributed by atoms with Crippen molar-refractivity contribution in [3.8, 4) is 22.4 Å². The van der Waals surface area contributed by atoms with Gasteiger partial charge in [0.15, 0.2) is 0 Å². The van der Waals surface area contributed by atoms with Crippen molar-refractivity contribution in [3.63, 3.8) is 0 Å². The van der Waals surface area contributed by atoms with E-state index in [0.29, 0.717) is 5.95 Å². The summed E-state index contributed by atoms with van der Waals surface area (Å²) in [5, 5.41) is 8.51. The Balaban J connectivity index is 1.37. The van der Waals surface area contributed by atoms with Crippen LogP contribution in [0.2, 0.25) is 0 Å². The van der Waals surface area contributed by atoms with Gasteiger partial charge in [0.2, 0.25) is 5.95 Å². The molecule has 0 fully saturated rings. The van der Waals surface area contributed by atoms with E-state index in [1.807, 2.05) is 11.3 Å². The van der Waals surface area contributed by atoms with Gasteiger partial charge in [0.1, 0.15) is 0 Å². The summed E-state index contributed by atoms with van der Waals surface area (Å²) >= 11 is 1.88. The SMILES string of the molecule is c1ccc(B2c3cc4ccccc4cc3-c3c(c4c5ccccc5sc4c4ccccc34)N2c2nc(-c3ccccc3)c3ccccc3n2)cc1. The van der Waals surface area contributed by atoms with Crippen molar-refractivity contribution in [2.75, 3.05) is 4.81 Å². The molecule has 3 nitrogen and oxygen atoms in total. The Morgan fingerprint density at radius 2 is 1.16 bits per heavy atom. The number of benzene rings is 8. The number of anilines is 2. The van der Waals surface area contributed by atoms with E-state index < -0.39 is 0 Å². The first-order chi connectivity index (χ1) is 25.3. The van der Waals surface area contributed by atoms with Gasteiger partial charge in [-0.25, -0.2) is 9.97 Å². The van der Waals surface area contributed by atoms with Crippen LogP contribution in [0.15, 0.2) is 170 Å². The Hall–Kier alpha value is -6.30. The summed E-state index contributed by atoms with van der Waals surface area (Å²) in [6, 6.07) is 61.2. The van der Waals surface area contributed by atoms with E-state index in [9.17, 15) is 0 Å². The molecule has 8 aromatic carbocycles. The van der Waals surface area contributed by atoms with Gasteiger partial charge in [-0.2, -0.15) is 0 Å². The molecular formula is C46H28BN3S. The van der Waals surface area contributed by atoms with Crippen LogP contribution in [0, 0.1) is 0 Å². The first-order valence-electron chi connectivity index (χ1n) is 17.4. The van der Waals surface area contributed by atoms with Gasteiger partial charge in [-0.15, -0.1) is 11.3 Å². The van der Waals surface area contributed by atoms with E-state index in [1.54, 1.807) is 0 Å². The zero-order chi connectivity index (χ0) is 33.5. The van der Waals surface area contributed by atoms with E-state index in [4.69, 9.17) is 9.97 Å². The summed E-state index contributed by atoms with van der Waals surface area (Å²) in [4.78, 5) is 13.5. The van der Waals surface area contributed by atoms with Gasteiger partial charge >= 0.3 is 6.85 Å². The molecule has 236 valence electrons. The highest BCUT2D eigenvalue weighted by atomic mass is 32.1. The number of thiophene rings is 1. The molecule has 0 atom stereocenters. The molecule has 1 aliphatic rings. The van der Waals surface area contributed by atoms with E-state index in [2.05, 4.69) is 175 Å². The van der Waals surface area contributed by atoms with Gasteiger partial charge < -0.3 is 4.81 Å². The van der Waals surface area contributed by atoms with Crippen molar-refractivity contribution in [3.05, 3.63) is 170 Å². The third-order valence-corrected chi connectivity index (χ3v) is 11.7. The fourth-order valence-electron chi connectivity index (χ4n) is 8.27. The average molecular weight is 666 g/mol. The molecule has 11 rings (SSSR count). The summed E-state index contributed by atoms with van der Waals surface area (Å²) < 4.78 is 2.56. The number of hydrogen-bond acceptors (Lipinski definition) is 4. The molecule has 0 saturated carbocycles. The fourth-order valence-corrected chi connectivity index (χ4v) is 9.52. The Kier molecular flexibility index (Phi) is 6.22. The minimum atomic E-state index is -0.189. The lowest BCUT2D eigenvalue weighted by molar-refractivity contribution is 1.16. The summed E-state index contributed by atoms with van der Waals surface area (Å²) in [7, 11) is 0. The van der Waals surface area contributed by atoms with E-state index >= 15 is 0 Å². The second-order valence-electron chi connectivity index (χ2n) is 13.3. The van der Waals surface area contributed by atoms with Crippen molar-refractivity contribution >= 4 is 93.4 Å². The Labute approximate surface area is 299 Å². The second kappa shape index (κ2) is 11.1. The molecule has 0 bridgehead atoms. The lowest BCUT2D eigenvalue weighted by Gasteiger charge is -2.39. The summed E-state index contributed by atoms with van der Waals surface area (Å²) in [6.07, 6.45) is 0. The van der Waals surface area contributed by atoms with Crippen LogP contribution >= 0.6 is 11.3 Å². The minimum Gasteiger partial charge on any atom is -0.345 e. The maximum Gasteiger partial charge on any atom is 0.332 e. The molecule has 0 saturated heterocycles. The molecule has 0 spiro atoms. The monoisotopic (exact) mass is 665 g/mol. The molecule has 0 unspecified atom stereocenters. The highest BCUT2D eigenvalue weighted by molar-refractivity contribution is 7.27. The quantitative estimate of drug-likeness (QED) is 0.176. The molecule has 3 heterocycles. The summed E-state index contributed by atoms with van der Waals surface area (Å²) in [5.41, 5.74) is 9.01. The van der Waals surface area contributed by atoms with Crippen molar-refractivity contribution in [2.24, 2.45) is 0 Å². The van der Waals surface area contributed by atoms with Crippen LogP contribution in [-0.4, -0.2) is 16.8 Å². The Bertz CT molecular complexity index is 2990. The molecule has 0 radical (unpaired) electrons. The first kappa shape index (κ1) is 28.5. The average Bonchev–Trinajstić information content (AvgIpc) is 3.60. The van der Waals surface area contributed by atoms with E-state index in [-0.39, 0.29) is 6.85 Å². The van der Waals surface area contributed by atoms with Crippen LogP contribution < -0.4 is 15.7 Å². The van der Waals surface area contributed by atoms with Crippen LogP contribution in [0.4, 0.5) is 11.6 Å². The number of nitrogens with zero attached hydrogens (tertiary/aromatic N) is 3. The molecule has 0 amide bonds. The van der Waals surface area contributed by atoms with E-state index in [0.717, 1.165) is 27.8 Å². The lowest BCUT2D eigenvalue weighted by atomic mass is 9.45. The number of para-hydroxylation sites is 1. The van der Waals surface area contributed by atoms with Gasteiger partial charge in [0.25, 0.3) is 0 Å². The zero-order valence-corrected chi connectivity index (χ0v) is 28.3. The largest absolute Gasteiger partial charge is 0.345 e. The third-order valence-electron chi connectivity index (χ3n) is 10.5. The number of hydrogen-bond donors (Lipinski definition) is 0.